The van der Waals surface area contributed by atoms with Crippen LogP contribution in [0.4, 0.5) is 0 Å². The van der Waals surface area contributed by atoms with Crippen molar-refractivity contribution in [2.24, 2.45) is 11.8 Å². The summed E-state index contributed by atoms with van der Waals surface area (Å²) in [6.45, 7) is 2.56. The average Bonchev–Trinajstić information content (AvgIpc) is 3.09. The van der Waals surface area contributed by atoms with Gasteiger partial charge in [-0.05, 0) is 23.6 Å². The van der Waals surface area contributed by atoms with E-state index in [9.17, 15) is 14.7 Å². The summed E-state index contributed by atoms with van der Waals surface area (Å²) in [5.41, 5.74) is 1.90. The molecule has 1 saturated heterocycles. The van der Waals surface area contributed by atoms with Crippen LogP contribution in [0.25, 0.3) is 0 Å². The summed E-state index contributed by atoms with van der Waals surface area (Å²) in [5.74, 6) is -1.87. The third-order valence-electron chi connectivity index (χ3n) is 5.08. The van der Waals surface area contributed by atoms with Gasteiger partial charge in [-0.1, -0.05) is 67.1 Å². The maximum Gasteiger partial charge on any atom is 0.308 e. The molecule has 0 radical (unpaired) electrons. The van der Waals surface area contributed by atoms with Crippen LogP contribution in [-0.4, -0.2) is 35.0 Å². The predicted molar refractivity (Wildman–Crippen MR) is 101 cm³/mol. The number of carbonyl (C=O) groups excluding carboxylic acids is 1. The second kappa shape index (κ2) is 7.92. The van der Waals surface area contributed by atoms with Gasteiger partial charge in [0.05, 0.1) is 5.92 Å². The van der Waals surface area contributed by atoms with Crippen molar-refractivity contribution in [3.63, 3.8) is 0 Å². The molecule has 1 aliphatic rings. The third kappa shape index (κ3) is 3.91. The van der Waals surface area contributed by atoms with Crippen LogP contribution in [0.3, 0.4) is 0 Å². The summed E-state index contributed by atoms with van der Waals surface area (Å²) >= 11 is 6.20. The lowest BCUT2D eigenvalue weighted by atomic mass is 9.89. The van der Waals surface area contributed by atoms with E-state index in [-0.39, 0.29) is 24.3 Å². The first-order valence-electron chi connectivity index (χ1n) is 8.77. The Morgan fingerprint density at radius 3 is 2.42 bits per heavy atom. The van der Waals surface area contributed by atoms with Crippen LogP contribution < -0.4 is 0 Å². The summed E-state index contributed by atoms with van der Waals surface area (Å²) < 4.78 is 0. The smallest absolute Gasteiger partial charge is 0.308 e. The van der Waals surface area contributed by atoms with Crippen molar-refractivity contribution in [1.82, 2.24) is 4.90 Å². The lowest BCUT2D eigenvalue weighted by molar-refractivity contribution is -0.142. The first-order chi connectivity index (χ1) is 12.5. The highest BCUT2D eigenvalue weighted by Crippen LogP contribution is 2.34. The molecule has 26 heavy (non-hydrogen) atoms. The van der Waals surface area contributed by atoms with Crippen LogP contribution in [-0.2, 0) is 16.0 Å². The highest BCUT2D eigenvalue weighted by molar-refractivity contribution is 6.31. The summed E-state index contributed by atoms with van der Waals surface area (Å²) in [7, 11) is 0. The fourth-order valence-electron chi connectivity index (χ4n) is 3.66. The SMILES string of the molecule is CC(Cc1ccccc1Cl)C(=O)N1CC(C(=O)O)C(c2ccccc2)C1. The fourth-order valence-corrected chi connectivity index (χ4v) is 3.88. The quantitative estimate of drug-likeness (QED) is 0.868. The zero-order valence-corrected chi connectivity index (χ0v) is 15.4. The molecule has 3 atom stereocenters. The number of carbonyl (C=O) groups is 2. The Hall–Kier alpha value is -2.33. The van der Waals surface area contributed by atoms with Crippen molar-refractivity contribution < 1.29 is 14.7 Å². The first kappa shape index (κ1) is 18.5. The molecule has 1 amide bonds. The summed E-state index contributed by atoms with van der Waals surface area (Å²) in [6, 6.07) is 17.1. The number of carboxylic acid groups (broad SMARTS) is 1. The van der Waals surface area contributed by atoms with Crippen molar-refractivity contribution in [2.75, 3.05) is 13.1 Å². The minimum Gasteiger partial charge on any atom is -0.481 e. The average molecular weight is 372 g/mol. The van der Waals surface area contributed by atoms with Crippen molar-refractivity contribution in [1.29, 1.82) is 0 Å². The van der Waals surface area contributed by atoms with E-state index in [1.807, 2.05) is 61.5 Å². The Morgan fingerprint density at radius 2 is 1.77 bits per heavy atom. The van der Waals surface area contributed by atoms with Crippen molar-refractivity contribution in [3.05, 3.63) is 70.7 Å². The molecule has 1 aliphatic heterocycles. The molecule has 5 heteroatoms. The number of carboxylic acids is 1. The van der Waals surface area contributed by atoms with Crippen LogP contribution >= 0.6 is 11.6 Å². The molecule has 0 aliphatic carbocycles. The Kier molecular flexibility index (Phi) is 5.62. The maximum atomic E-state index is 12.9. The highest BCUT2D eigenvalue weighted by atomic mass is 35.5. The van der Waals surface area contributed by atoms with E-state index < -0.39 is 11.9 Å². The van der Waals surface area contributed by atoms with Gasteiger partial charge in [0, 0.05) is 29.9 Å². The molecular weight excluding hydrogens is 350 g/mol. The van der Waals surface area contributed by atoms with E-state index in [0.717, 1.165) is 11.1 Å². The number of nitrogens with zero attached hydrogens (tertiary/aromatic N) is 1. The lowest BCUT2D eigenvalue weighted by Crippen LogP contribution is -2.35. The van der Waals surface area contributed by atoms with Gasteiger partial charge in [-0.15, -0.1) is 0 Å². The summed E-state index contributed by atoms with van der Waals surface area (Å²) in [5, 5.41) is 10.3. The Balaban J connectivity index is 1.73. The Labute approximate surface area is 158 Å². The number of hydrogen-bond acceptors (Lipinski definition) is 2. The van der Waals surface area contributed by atoms with Gasteiger partial charge >= 0.3 is 5.97 Å². The Bertz CT molecular complexity index is 793. The van der Waals surface area contributed by atoms with Crippen molar-refractivity contribution >= 4 is 23.5 Å². The normalized spacial score (nSPS) is 20.8. The monoisotopic (exact) mass is 371 g/mol. The maximum absolute atomic E-state index is 12.9. The van der Waals surface area contributed by atoms with Crippen LogP contribution in [0.15, 0.2) is 54.6 Å². The molecule has 4 nitrogen and oxygen atoms in total. The number of likely N-dealkylation sites (tertiary alicyclic amines) is 1. The van der Waals surface area contributed by atoms with E-state index in [0.29, 0.717) is 18.0 Å². The summed E-state index contributed by atoms with van der Waals surface area (Å²) in [6.07, 6.45) is 0.544. The molecule has 0 saturated carbocycles. The number of amides is 1. The molecule has 2 aromatic carbocycles. The largest absolute Gasteiger partial charge is 0.481 e. The second-order valence-electron chi connectivity index (χ2n) is 6.90. The standard InChI is InChI=1S/C21H22ClNO3/c1-14(11-16-9-5-6-10-19(16)22)20(24)23-12-17(18(13-23)21(25)26)15-7-3-2-4-8-15/h2-10,14,17-18H,11-13H2,1H3,(H,25,26). The zero-order valence-electron chi connectivity index (χ0n) is 14.6. The molecule has 1 N–H and O–H groups in total. The first-order valence-corrected chi connectivity index (χ1v) is 9.15. The van der Waals surface area contributed by atoms with Gasteiger partial charge < -0.3 is 10.0 Å². The number of benzene rings is 2. The number of aliphatic carboxylic acids is 1. The Morgan fingerprint density at radius 1 is 1.12 bits per heavy atom. The van der Waals surface area contributed by atoms with Gasteiger partial charge in [0.25, 0.3) is 0 Å². The third-order valence-corrected chi connectivity index (χ3v) is 5.45. The van der Waals surface area contributed by atoms with E-state index in [2.05, 4.69) is 0 Å². The van der Waals surface area contributed by atoms with E-state index in [1.165, 1.54) is 0 Å². The van der Waals surface area contributed by atoms with Crippen molar-refractivity contribution in [2.45, 2.75) is 19.3 Å². The van der Waals surface area contributed by atoms with Gasteiger partial charge in [-0.2, -0.15) is 0 Å². The van der Waals surface area contributed by atoms with E-state index in [1.54, 1.807) is 4.90 Å². The number of halogens is 1. The minimum atomic E-state index is -0.854. The van der Waals surface area contributed by atoms with Gasteiger partial charge in [0.2, 0.25) is 5.91 Å². The van der Waals surface area contributed by atoms with Crippen LogP contribution in [0.1, 0.15) is 24.0 Å². The van der Waals surface area contributed by atoms with Crippen LogP contribution in [0.2, 0.25) is 5.02 Å². The van der Waals surface area contributed by atoms with Gasteiger partial charge in [-0.3, -0.25) is 9.59 Å². The molecule has 1 heterocycles. The van der Waals surface area contributed by atoms with Crippen LogP contribution in [0, 0.1) is 11.8 Å². The molecule has 3 unspecified atom stereocenters. The molecule has 0 spiro atoms. The lowest BCUT2D eigenvalue weighted by Gasteiger charge is -2.21. The molecule has 136 valence electrons. The molecule has 0 aromatic heterocycles. The van der Waals surface area contributed by atoms with E-state index >= 15 is 0 Å². The molecule has 2 aromatic rings. The van der Waals surface area contributed by atoms with E-state index in [4.69, 9.17) is 11.6 Å². The topological polar surface area (TPSA) is 57.6 Å². The molecule has 3 rings (SSSR count). The number of hydrogen-bond donors (Lipinski definition) is 1. The second-order valence-corrected chi connectivity index (χ2v) is 7.31. The van der Waals surface area contributed by atoms with Gasteiger partial charge in [0.15, 0.2) is 0 Å². The van der Waals surface area contributed by atoms with Gasteiger partial charge in [-0.25, -0.2) is 0 Å². The fraction of sp³-hybridized carbons (Fsp3) is 0.333. The molecule has 1 fully saturated rings. The predicted octanol–water partition coefficient (Wildman–Crippen LogP) is 3.85. The van der Waals surface area contributed by atoms with Gasteiger partial charge in [0.1, 0.15) is 0 Å². The number of rotatable bonds is 5. The molecular formula is C21H22ClNO3. The summed E-state index contributed by atoms with van der Waals surface area (Å²) in [4.78, 5) is 26.3. The van der Waals surface area contributed by atoms with Crippen molar-refractivity contribution in [3.8, 4) is 0 Å². The minimum absolute atomic E-state index is 0.0189. The van der Waals surface area contributed by atoms with Crippen LogP contribution in [0.5, 0.6) is 0 Å². The zero-order chi connectivity index (χ0) is 18.7. The molecule has 0 bridgehead atoms. The highest BCUT2D eigenvalue weighted by Gasteiger charge is 2.41.